The van der Waals surface area contributed by atoms with E-state index in [4.69, 9.17) is 24.3 Å². The fraction of sp³-hybridized carbons (Fsp3) is 0.789. The van der Waals surface area contributed by atoms with Crippen LogP contribution in [0, 0.1) is 22.2 Å². The van der Waals surface area contributed by atoms with Gasteiger partial charge in [0.15, 0.2) is 0 Å². The third-order valence-corrected chi connectivity index (χ3v) is 11.7. The molecule has 4 N–H and O–H groups in total. The third-order valence-electron chi connectivity index (χ3n) is 11.7. The molecule has 6 fully saturated rings. The first kappa shape index (κ1) is 49.9. The number of amides is 2. The minimum atomic E-state index is -4.71. The van der Waals surface area contributed by atoms with Crippen molar-refractivity contribution in [2.75, 3.05) is 26.2 Å². The van der Waals surface area contributed by atoms with Crippen LogP contribution in [0.3, 0.4) is 0 Å². The molecule has 4 aliphatic carbocycles. The summed E-state index contributed by atoms with van der Waals surface area (Å²) in [5.41, 5.74) is 3.54. The number of halogens is 9. The molecule has 4 saturated carbocycles. The van der Waals surface area contributed by atoms with Crippen molar-refractivity contribution in [3.63, 3.8) is 0 Å². The van der Waals surface area contributed by atoms with Crippen molar-refractivity contribution >= 4 is 24.0 Å². The van der Waals surface area contributed by atoms with E-state index in [1.165, 1.54) is 19.3 Å². The van der Waals surface area contributed by atoms with Gasteiger partial charge in [0.1, 0.15) is 11.2 Å². The normalized spacial score (nSPS) is 22.3. The van der Waals surface area contributed by atoms with Gasteiger partial charge in [0.2, 0.25) is 17.6 Å². The average molecular weight is 935 g/mol. The number of ether oxygens (including phenoxy) is 2. The third kappa shape index (κ3) is 12.2. The van der Waals surface area contributed by atoms with Gasteiger partial charge in [0, 0.05) is 48.8 Å². The molecule has 360 valence electrons. The van der Waals surface area contributed by atoms with E-state index in [-0.39, 0.29) is 52.6 Å². The smallest absolute Gasteiger partial charge is 0.455 e. The second-order valence-corrected chi connectivity index (χ2v) is 19.6. The molecule has 2 amide bonds. The molecule has 2 saturated heterocycles. The number of carboxylic acids is 1. The molecule has 4 heterocycles. The molecule has 0 radical (unpaired) electrons. The molecule has 0 unspecified atom stereocenters. The summed E-state index contributed by atoms with van der Waals surface area (Å²) >= 11 is 0. The maximum absolute atomic E-state index is 12.4. The highest BCUT2D eigenvalue weighted by Crippen LogP contribution is 2.62. The predicted octanol–water partition coefficient (Wildman–Crippen LogP) is 8.35. The number of aromatic nitrogens is 4. The fourth-order valence-corrected chi connectivity index (χ4v) is 8.61. The second-order valence-electron chi connectivity index (χ2n) is 19.6. The molecular formula is C38H51F9N8O9. The average Bonchev–Trinajstić information content (AvgIpc) is 3.70. The van der Waals surface area contributed by atoms with Crippen molar-refractivity contribution in [2.45, 2.75) is 141 Å². The van der Waals surface area contributed by atoms with Crippen LogP contribution in [-0.4, -0.2) is 108 Å². The Labute approximate surface area is 360 Å². The summed E-state index contributed by atoms with van der Waals surface area (Å²) in [5.74, 6) is -5.00. The molecular weight excluding hydrogens is 883 g/mol. The van der Waals surface area contributed by atoms with E-state index in [0.717, 1.165) is 12.8 Å². The maximum Gasteiger partial charge on any atom is 0.455 e. The van der Waals surface area contributed by atoms with Crippen molar-refractivity contribution in [1.29, 1.82) is 0 Å². The van der Waals surface area contributed by atoms with Gasteiger partial charge in [-0.2, -0.15) is 49.5 Å². The van der Waals surface area contributed by atoms with Crippen molar-refractivity contribution < 1.29 is 82.7 Å². The van der Waals surface area contributed by atoms with E-state index < -0.39 is 53.2 Å². The lowest BCUT2D eigenvalue weighted by Gasteiger charge is -2.57. The summed E-state index contributed by atoms with van der Waals surface area (Å²) in [6.07, 6.45) is -6.31. The number of carbonyl (C=O) groups is 3. The van der Waals surface area contributed by atoms with Gasteiger partial charge < -0.3 is 44.4 Å². The molecule has 6 aliphatic rings. The summed E-state index contributed by atoms with van der Waals surface area (Å²) in [4.78, 5) is 44.4. The van der Waals surface area contributed by atoms with Crippen molar-refractivity contribution in [3.8, 4) is 0 Å². The first-order valence-corrected chi connectivity index (χ1v) is 20.2. The summed E-state index contributed by atoms with van der Waals surface area (Å²) < 4.78 is 127. The number of nitrogens with zero attached hydrogens (tertiary/aromatic N) is 7. The standard InChI is InChI=1S/C14H18F3N3O3.C12H19NO4.C10H11F3N2O.C2H3F3N2O/c1-12(2,3)22-11(21)20-6-13(7-20)4-8(5-13)9-18-10(19-23-9)14(15,16)17;1-11(2,3)17-10(16)13-6-12(7-13)4-8(5-12)9(14)15;11-10(12,13)8-14-7(16-15-8)6-4-9(5-6)2-1-3-9;3-2(4,5)1(6)7-8/h8H,4-7H2,1-3H3;8H,4-7H2,1-3H3,(H,14,15);6H,1-5H2;8H,(H2,6,7). The molecule has 2 aliphatic heterocycles. The Morgan fingerprint density at radius 3 is 1.28 bits per heavy atom. The fourth-order valence-electron chi connectivity index (χ4n) is 8.61. The van der Waals surface area contributed by atoms with E-state index in [1.807, 2.05) is 20.8 Å². The van der Waals surface area contributed by atoms with Gasteiger partial charge in [0.05, 0.1) is 5.92 Å². The number of rotatable bonds is 3. The number of oxime groups is 1. The lowest BCUT2D eigenvalue weighted by atomic mass is 9.52. The number of hydrogen-bond acceptors (Lipinski definition) is 13. The highest BCUT2D eigenvalue weighted by atomic mass is 19.4. The Hall–Kier alpha value is -5.07. The van der Waals surface area contributed by atoms with Crippen molar-refractivity contribution in [2.24, 2.45) is 33.1 Å². The topological polar surface area (TPSA) is 233 Å². The lowest BCUT2D eigenvalue weighted by Crippen LogP contribution is -2.65. The Kier molecular flexibility index (Phi) is 13.6. The molecule has 17 nitrogen and oxygen atoms in total. The van der Waals surface area contributed by atoms with Gasteiger partial charge in [-0.25, -0.2) is 9.59 Å². The number of hydrogen-bond donors (Lipinski definition) is 3. The van der Waals surface area contributed by atoms with Gasteiger partial charge in [-0.1, -0.05) is 21.9 Å². The summed E-state index contributed by atoms with van der Waals surface area (Å²) in [6, 6.07) is 0. The molecule has 8 rings (SSSR count). The van der Waals surface area contributed by atoms with Crippen LogP contribution in [0.4, 0.5) is 49.1 Å². The highest BCUT2D eigenvalue weighted by molar-refractivity contribution is 5.85. The largest absolute Gasteiger partial charge is 0.481 e. The Balaban J connectivity index is 0.000000169. The lowest BCUT2D eigenvalue weighted by molar-refractivity contribution is -0.159. The maximum atomic E-state index is 12.4. The number of carboxylic acid groups (broad SMARTS) is 1. The van der Waals surface area contributed by atoms with Gasteiger partial charge in [-0.3, -0.25) is 4.79 Å². The van der Waals surface area contributed by atoms with Gasteiger partial charge in [-0.05, 0) is 98.3 Å². The zero-order valence-electron chi connectivity index (χ0n) is 35.8. The van der Waals surface area contributed by atoms with Crippen molar-refractivity contribution in [1.82, 2.24) is 30.1 Å². The van der Waals surface area contributed by atoms with Crippen LogP contribution >= 0.6 is 0 Å². The molecule has 2 aromatic heterocycles. The van der Waals surface area contributed by atoms with Crippen LogP contribution in [-0.2, 0) is 26.6 Å². The highest BCUT2D eigenvalue weighted by Gasteiger charge is 2.58. The summed E-state index contributed by atoms with van der Waals surface area (Å²) in [7, 11) is 0. The first-order chi connectivity index (χ1) is 29.1. The number of carbonyl (C=O) groups excluding carboxylic acids is 2. The second kappa shape index (κ2) is 17.4. The molecule has 0 aromatic carbocycles. The number of likely N-dealkylation sites (tertiary alicyclic amines) is 2. The SMILES string of the molecule is CC(C)(C)OC(=O)N1CC2(CC(C(=O)O)C2)C1.CC(C)(C)OC(=O)N1CC2(CC(c3nc(C(F)(F)F)no3)C2)C1.FC(F)(F)c1noc(C2CC3(CCC3)C2)n1.NC(=NO)C(F)(F)F. The summed E-state index contributed by atoms with van der Waals surface area (Å²) in [6.45, 7) is 13.3. The monoisotopic (exact) mass is 934 g/mol. The quantitative estimate of drug-likeness (QED) is 0.0863. The Morgan fingerprint density at radius 2 is 1.03 bits per heavy atom. The minimum Gasteiger partial charge on any atom is -0.481 e. The van der Waals surface area contributed by atoms with Crippen LogP contribution in [0.25, 0.3) is 0 Å². The predicted molar refractivity (Wildman–Crippen MR) is 199 cm³/mol. The van der Waals surface area contributed by atoms with Gasteiger partial charge in [-0.15, -0.1) is 0 Å². The zero-order valence-corrected chi connectivity index (χ0v) is 35.8. The van der Waals surface area contributed by atoms with E-state index in [0.29, 0.717) is 57.3 Å². The van der Waals surface area contributed by atoms with Crippen molar-refractivity contribution in [3.05, 3.63) is 23.4 Å². The van der Waals surface area contributed by atoms with E-state index in [9.17, 15) is 53.9 Å². The van der Waals surface area contributed by atoms with E-state index >= 15 is 0 Å². The zero-order chi connectivity index (χ0) is 48.1. The van der Waals surface area contributed by atoms with Crippen LogP contribution in [0.1, 0.15) is 135 Å². The van der Waals surface area contributed by atoms with E-state index in [1.54, 1.807) is 35.7 Å². The molecule has 26 heteroatoms. The van der Waals surface area contributed by atoms with Crippen LogP contribution in [0.2, 0.25) is 0 Å². The summed E-state index contributed by atoms with van der Waals surface area (Å²) in [5, 5.41) is 23.9. The van der Waals surface area contributed by atoms with Crippen LogP contribution < -0.4 is 5.73 Å². The molecule has 2 aromatic rings. The first-order valence-electron chi connectivity index (χ1n) is 20.2. The van der Waals surface area contributed by atoms with Crippen LogP contribution in [0.5, 0.6) is 0 Å². The number of alkyl halides is 9. The van der Waals surface area contributed by atoms with Gasteiger partial charge in [0.25, 0.3) is 11.6 Å². The number of aliphatic carboxylic acids is 1. The van der Waals surface area contributed by atoms with Gasteiger partial charge >= 0.3 is 36.7 Å². The van der Waals surface area contributed by atoms with E-state index in [2.05, 4.69) is 30.5 Å². The Bertz CT molecular complexity index is 2000. The molecule has 0 atom stereocenters. The molecule has 0 bridgehead atoms. The van der Waals surface area contributed by atoms with Crippen LogP contribution in [0.15, 0.2) is 14.2 Å². The molecule has 64 heavy (non-hydrogen) atoms. The number of nitrogens with two attached hydrogens (primary N) is 1. The molecule has 3 spiro atoms. The Morgan fingerprint density at radius 1 is 0.672 bits per heavy atom. The minimum absolute atomic E-state index is 0.0265. The number of amidine groups is 1.